The molecule has 1 aromatic carbocycles. The maximum Gasteiger partial charge on any atom is 0.310 e. The van der Waals surface area contributed by atoms with Crippen molar-refractivity contribution in [3.05, 3.63) is 41.5 Å². The summed E-state index contributed by atoms with van der Waals surface area (Å²) in [7, 11) is 1.48. The molecule has 5 heteroatoms. The highest BCUT2D eigenvalue weighted by molar-refractivity contribution is 5.80. The molecule has 132 valence electrons. The molecule has 3 heterocycles. The Labute approximate surface area is 147 Å². The van der Waals surface area contributed by atoms with Gasteiger partial charge in [0.05, 0.1) is 19.1 Å². The van der Waals surface area contributed by atoms with Crippen LogP contribution < -0.4 is 5.32 Å². The molecule has 2 saturated heterocycles. The van der Waals surface area contributed by atoms with E-state index in [1.807, 2.05) is 19.1 Å². The monoisotopic (exact) mass is 340 g/mol. The third-order valence-corrected chi connectivity index (χ3v) is 7.20. The second-order valence-electron chi connectivity index (χ2n) is 7.89. The number of carbonyl (C=O) groups is 1. The summed E-state index contributed by atoms with van der Waals surface area (Å²) < 4.78 is 5.29. The molecule has 5 atom stereocenters. The van der Waals surface area contributed by atoms with E-state index in [9.17, 15) is 9.90 Å². The second-order valence-corrected chi connectivity index (χ2v) is 7.89. The van der Waals surface area contributed by atoms with Crippen LogP contribution in [0.15, 0.2) is 35.9 Å². The van der Waals surface area contributed by atoms with E-state index in [-0.39, 0.29) is 23.8 Å². The minimum absolute atomic E-state index is 0.0307. The minimum Gasteiger partial charge on any atom is -0.469 e. The maximum atomic E-state index is 13.0. The van der Waals surface area contributed by atoms with E-state index < -0.39 is 11.1 Å². The number of aliphatic hydroxyl groups is 1. The third-order valence-electron chi connectivity index (χ3n) is 7.20. The SMILES string of the molecule is C/C=C1/CN2CC[C@@]34c5ccccc5N[C@@H]3[C@]2(O)C[C@@H]1C4C(=O)OC. The van der Waals surface area contributed by atoms with E-state index in [0.29, 0.717) is 6.42 Å². The second kappa shape index (κ2) is 4.86. The van der Waals surface area contributed by atoms with E-state index in [2.05, 4.69) is 28.4 Å². The Hall–Kier alpha value is -1.85. The van der Waals surface area contributed by atoms with Crippen LogP contribution in [0.25, 0.3) is 0 Å². The van der Waals surface area contributed by atoms with Crippen molar-refractivity contribution < 1.29 is 14.6 Å². The zero-order valence-electron chi connectivity index (χ0n) is 14.7. The summed E-state index contributed by atoms with van der Waals surface area (Å²) in [6, 6.07) is 8.04. The van der Waals surface area contributed by atoms with E-state index in [1.54, 1.807) is 0 Å². The Morgan fingerprint density at radius 3 is 3.00 bits per heavy atom. The lowest BCUT2D eigenvalue weighted by Crippen LogP contribution is -2.78. The molecule has 3 bridgehead atoms. The molecular weight excluding hydrogens is 316 g/mol. The lowest BCUT2D eigenvalue weighted by Gasteiger charge is -2.65. The van der Waals surface area contributed by atoms with E-state index in [1.165, 1.54) is 12.7 Å². The fourth-order valence-corrected chi connectivity index (χ4v) is 6.21. The van der Waals surface area contributed by atoms with Crippen LogP contribution in [0.1, 0.15) is 25.3 Å². The van der Waals surface area contributed by atoms with Gasteiger partial charge in [0.2, 0.25) is 0 Å². The largest absolute Gasteiger partial charge is 0.469 e. The molecule has 5 rings (SSSR count). The zero-order chi connectivity index (χ0) is 17.4. The Morgan fingerprint density at radius 1 is 1.44 bits per heavy atom. The fraction of sp³-hybridized carbons (Fsp3) is 0.550. The number of benzene rings is 1. The van der Waals surface area contributed by atoms with Crippen molar-refractivity contribution in [3.8, 4) is 0 Å². The van der Waals surface area contributed by atoms with Gasteiger partial charge in [0.25, 0.3) is 0 Å². The number of nitrogens with zero attached hydrogens (tertiary/aromatic N) is 1. The molecule has 0 aromatic heterocycles. The normalized spacial score (nSPS) is 42.7. The molecular formula is C20H24N2O3. The third kappa shape index (κ3) is 1.64. The summed E-state index contributed by atoms with van der Waals surface area (Å²) in [6.45, 7) is 3.56. The number of anilines is 1. The van der Waals surface area contributed by atoms with Crippen molar-refractivity contribution in [2.75, 3.05) is 25.5 Å². The number of nitrogens with one attached hydrogen (secondary N) is 1. The van der Waals surface area contributed by atoms with E-state index >= 15 is 0 Å². The Kier molecular flexibility index (Phi) is 3.00. The summed E-state index contributed by atoms with van der Waals surface area (Å²) in [5.41, 5.74) is 2.13. The van der Waals surface area contributed by atoms with Crippen molar-refractivity contribution in [3.63, 3.8) is 0 Å². The standard InChI is InChI=1S/C20H24N2O3/c1-3-12-11-22-9-8-19-14-6-4-5-7-15(14)21-18(19)20(22,24)10-13(12)16(19)17(23)25-2/h3-7,13,16,18,21,24H,8-11H2,1-2H3/b12-3-/t13-,16?,18-,19-,20+/m0/s1. The predicted octanol–water partition coefficient (Wildman–Crippen LogP) is 1.88. The number of rotatable bonds is 1. The molecule has 1 unspecified atom stereocenters. The molecule has 0 amide bonds. The van der Waals surface area contributed by atoms with Gasteiger partial charge in [-0.2, -0.15) is 0 Å². The highest BCUT2D eigenvalue weighted by Gasteiger charge is 2.72. The van der Waals surface area contributed by atoms with E-state index in [4.69, 9.17) is 4.74 Å². The molecule has 1 aliphatic carbocycles. The van der Waals surface area contributed by atoms with Gasteiger partial charge in [-0.3, -0.25) is 9.69 Å². The van der Waals surface area contributed by atoms with E-state index in [0.717, 1.165) is 30.8 Å². The smallest absolute Gasteiger partial charge is 0.310 e. The van der Waals surface area contributed by atoms with Crippen LogP contribution >= 0.6 is 0 Å². The fourth-order valence-electron chi connectivity index (χ4n) is 6.21. The van der Waals surface area contributed by atoms with Crippen molar-refractivity contribution in [2.45, 2.75) is 36.9 Å². The first-order valence-electron chi connectivity index (χ1n) is 9.12. The predicted molar refractivity (Wildman–Crippen MR) is 94.0 cm³/mol. The lowest BCUT2D eigenvalue weighted by atomic mass is 9.49. The Balaban J connectivity index is 1.79. The number of para-hydroxylation sites is 1. The number of allylic oxidation sites excluding steroid dienone is 1. The quantitative estimate of drug-likeness (QED) is 0.604. The molecule has 0 radical (unpaired) electrons. The number of carbonyl (C=O) groups excluding carboxylic acids is 1. The van der Waals surface area contributed by atoms with Crippen LogP contribution in [0.3, 0.4) is 0 Å². The van der Waals surface area contributed by atoms with Gasteiger partial charge in [0, 0.05) is 24.2 Å². The number of ether oxygens (including phenoxy) is 1. The highest BCUT2D eigenvalue weighted by atomic mass is 16.5. The molecule has 25 heavy (non-hydrogen) atoms. The molecule has 1 aromatic rings. The number of hydrogen-bond donors (Lipinski definition) is 2. The molecule has 5 nitrogen and oxygen atoms in total. The van der Waals surface area contributed by atoms with Crippen LogP contribution in [-0.4, -0.2) is 47.9 Å². The van der Waals surface area contributed by atoms with Crippen molar-refractivity contribution in [2.24, 2.45) is 11.8 Å². The van der Waals surface area contributed by atoms with Crippen LogP contribution in [0.5, 0.6) is 0 Å². The molecule has 3 fully saturated rings. The summed E-state index contributed by atoms with van der Waals surface area (Å²) in [4.78, 5) is 15.2. The topological polar surface area (TPSA) is 61.8 Å². The summed E-state index contributed by atoms with van der Waals surface area (Å²) in [5.74, 6) is -0.374. The number of fused-ring (bicyclic) bond motifs is 2. The molecule has 0 spiro atoms. The first-order valence-corrected chi connectivity index (χ1v) is 9.12. The van der Waals surface area contributed by atoms with Crippen LogP contribution in [0.4, 0.5) is 5.69 Å². The van der Waals surface area contributed by atoms with Crippen molar-refractivity contribution >= 4 is 11.7 Å². The zero-order valence-corrected chi connectivity index (χ0v) is 14.7. The first kappa shape index (κ1) is 15.4. The Morgan fingerprint density at radius 2 is 2.24 bits per heavy atom. The van der Waals surface area contributed by atoms with Gasteiger partial charge in [-0.05, 0) is 37.3 Å². The van der Waals surface area contributed by atoms with Gasteiger partial charge < -0.3 is 15.2 Å². The number of hydrogen-bond acceptors (Lipinski definition) is 5. The Bertz CT molecular complexity index is 791. The molecule has 1 saturated carbocycles. The van der Waals surface area contributed by atoms with Gasteiger partial charge >= 0.3 is 5.97 Å². The average molecular weight is 340 g/mol. The molecule has 4 aliphatic rings. The average Bonchev–Trinajstić information content (AvgIpc) is 2.97. The van der Waals surface area contributed by atoms with Crippen molar-refractivity contribution in [1.29, 1.82) is 0 Å². The lowest BCUT2D eigenvalue weighted by molar-refractivity contribution is -0.222. The van der Waals surface area contributed by atoms with Gasteiger partial charge in [-0.15, -0.1) is 0 Å². The van der Waals surface area contributed by atoms with Gasteiger partial charge in [-0.25, -0.2) is 0 Å². The maximum absolute atomic E-state index is 13.0. The molecule has 3 aliphatic heterocycles. The number of piperidine rings is 2. The highest BCUT2D eigenvalue weighted by Crippen LogP contribution is 2.64. The van der Waals surface area contributed by atoms with Crippen LogP contribution in [0, 0.1) is 11.8 Å². The summed E-state index contributed by atoms with van der Waals surface area (Å²) >= 11 is 0. The first-order chi connectivity index (χ1) is 12.1. The van der Waals surface area contributed by atoms with Gasteiger partial charge in [0.1, 0.15) is 5.72 Å². The summed E-state index contributed by atoms with van der Waals surface area (Å²) in [6.07, 6.45) is 3.57. The number of methoxy groups -OCH3 is 1. The van der Waals surface area contributed by atoms with Gasteiger partial charge in [-0.1, -0.05) is 29.8 Å². The minimum atomic E-state index is -0.918. The van der Waals surface area contributed by atoms with Crippen molar-refractivity contribution in [1.82, 2.24) is 4.90 Å². The van der Waals surface area contributed by atoms with Gasteiger partial charge in [0.15, 0.2) is 0 Å². The number of esters is 1. The summed E-state index contributed by atoms with van der Waals surface area (Å²) in [5, 5.41) is 15.3. The van der Waals surface area contributed by atoms with Crippen LogP contribution in [-0.2, 0) is 14.9 Å². The van der Waals surface area contributed by atoms with Crippen LogP contribution in [0.2, 0.25) is 0 Å². The molecule has 2 N–H and O–H groups in total.